The molecule has 25 heavy (non-hydrogen) atoms. The lowest BCUT2D eigenvalue weighted by molar-refractivity contribution is 0.130. The van der Waals surface area contributed by atoms with E-state index in [2.05, 4.69) is 40.5 Å². The molecule has 2 fully saturated rings. The Morgan fingerprint density at radius 2 is 2.04 bits per heavy atom. The molecule has 1 aromatic carbocycles. The van der Waals surface area contributed by atoms with Crippen LogP contribution < -0.4 is 5.32 Å². The number of nitrogens with zero attached hydrogens (tertiary/aromatic N) is 3. The van der Waals surface area contributed by atoms with Gasteiger partial charge in [-0.2, -0.15) is 0 Å². The van der Waals surface area contributed by atoms with Crippen LogP contribution in [0.15, 0.2) is 18.2 Å². The molecule has 1 N–H and O–H groups in total. The van der Waals surface area contributed by atoms with E-state index in [9.17, 15) is 4.79 Å². The number of rotatable bonds is 1. The van der Waals surface area contributed by atoms with Crippen LogP contribution in [-0.2, 0) is 7.05 Å². The van der Waals surface area contributed by atoms with Crippen LogP contribution in [0.3, 0.4) is 0 Å². The minimum absolute atomic E-state index is 0.0263. The smallest absolute Gasteiger partial charge is 0.322 e. The number of anilines is 1. The molecule has 5 nitrogen and oxygen atoms in total. The van der Waals surface area contributed by atoms with Crippen molar-refractivity contribution in [2.24, 2.45) is 17.9 Å². The fraction of sp³-hybridized carbons (Fsp3) is 0.600. The molecule has 4 rings (SSSR count). The maximum absolute atomic E-state index is 12.9. The second kappa shape index (κ2) is 5.23. The Kier molecular flexibility index (Phi) is 3.44. The SMILES string of the molecule is Cc1nc2cc(NC(=O)N3C[C@]4(C)C[C@H]3CC(C)(C)C4)ccc2n1C. The van der Waals surface area contributed by atoms with E-state index >= 15 is 0 Å². The van der Waals surface area contributed by atoms with E-state index in [0.29, 0.717) is 11.5 Å². The monoisotopic (exact) mass is 340 g/mol. The van der Waals surface area contributed by atoms with Crippen molar-refractivity contribution in [2.45, 2.75) is 53.0 Å². The zero-order valence-electron chi connectivity index (χ0n) is 15.9. The van der Waals surface area contributed by atoms with E-state index in [0.717, 1.165) is 41.9 Å². The summed E-state index contributed by atoms with van der Waals surface area (Å²) in [5, 5.41) is 3.10. The highest BCUT2D eigenvalue weighted by molar-refractivity contribution is 5.92. The number of aromatic nitrogens is 2. The van der Waals surface area contributed by atoms with Crippen LogP contribution in [0.4, 0.5) is 10.5 Å². The highest BCUT2D eigenvalue weighted by atomic mass is 16.2. The van der Waals surface area contributed by atoms with Crippen molar-refractivity contribution >= 4 is 22.8 Å². The molecule has 134 valence electrons. The number of carbonyl (C=O) groups is 1. The maximum atomic E-state index is 12.9. The third kappa shape index (κ3) is 2.79. The zero-order chi connectivity index (χ0) is 18.0. The van der Waals surface area contributed by atoms with Gasteiger partial charge in [0.2, 0.25) is 0 Å². The zero-order valence-corrected chi connectivity index (χ0v) is 15.9. The van der Waals surface area contributed by atoms with E-state index in [-0.39, 0.29) is 11.4 Å². The first kappa shape index (κ1) is 16.4. The van der Waals surface area contributed by atoms with E-state index in [1.54, 1.807) is 0 Å². The van der Waals surface area contributed by atoms with Gasteiger partial charge in [-0.25, -0.2) is 9.78 Å². The number of aryl methyl sites for hydroxylation is 2. The van der Waals surface area contributed by atoms with Crippen molar-refractivity contribution < 1.29 is 4.79 Å². The van der Waals surface area contributed by atoms with Gasteiger partial charge < -0.3 is 14.8 Å². The Morgan fingerprint density at radius 1 is 1.28 bits per heavy atom. The average molecular weight is 340 g/mol. The summed E-state index contributed by atoms with van der Waals surface area (Å²) in [6.07, 6.45) is 3.41. The minimum Gasteiger partial charge on any atom is -0.331 e. The van der Waals surface area contributed by atoms with Crippen LogP contribution >= 0.6 is 0 Å². The largest absolute Gasteiger partial charge is 0.331 e. The number of hydrogen-bond acceptors (Lipinski definition) is 2. The topological polar surface area (TPSA) is 50.2 Å². The van der Waals surface area contributed by atoms with Crippen LogP contribution in [-0.4, -0.2) is 33.1 Å². The summed E-state index contributed by atoms with van der Waals surface area (Å²) in [6, 6.07) is 6.34. The summed E-state index contributed by atoms with van der Waals surface area (Å²) in [5.41, 5.74) is 3.40. The molecular weight excluding hydrogens is 312 g/mol. The molecule has 2 heterocycles. The van der Waals surface area contributed by atoms with Crippen molar-refractivity contribution in [3.8, 4) is 0 Å². The van der Waals surface area contributed by atoms with Crippen molar-refractivity contribution in [2.75, 3.05) is 11.9 Å². The lowest BCUT2D eigenvalue weighted by Crippen LogP contribution is -2.40. The van der Waals surface area contributed by atoms with Crippen LogP contribution in [0, 0.1) is 17.8 Å². The van der Waals surface area contributed by atoms with Gasteiger partial charge in [-0.1, -0.05) is 20.8 Å². The average Bonchev–Trinajstić information content (AvgIpc) is 2.91. The molecule has 0 radical (unpaired) electrons. The molecule has 2 bridgehead atoms. The fourth-order valence-electron chi connectivity index (χ4n) is 5.29. The molecule has 1 saturated heterocycles. The lowest BCUT2D eigenvalue weighted by atomic mass is 9.65. The van der Waals surface area contributed by atoms with Gasteiger partial charge in [0.1, 0.15) is 5.82 Å². The molecule has 1 aromatic heterocycles. The van der Waals surface area contributed by atoms with Crippen molar-refractivity contribution in [3.05, 3.63) is 24.0 Å². The molecule has 1 aliphatic carbocycles. The Labute approximate surface area is 149 Å². The summed E-state index contributed by atoms with van der Waals surface area (Å²) >= 11 is 0. The third-order valence-corrected chi connectivity index (χ3v) is 6.03. The van der Waals surface area contributed by atoms with Gasteiger partial charge in [0, 0.05) is 25.3 Å². The molecule has 2 aliphatic rings. The summed E-state index contributed by atoms with van der Waals surface area (Å²) in [5.74, 6) is 0.974. The number of fused-ring (bicyclic) bond motifs is 3. The first-order valence-electron chi connectivity index (χ1n) is 9.17. The summed E-state index contributed by atoms with van der Waals surface area (Å²) < 4.78 is 2.06. The van der Waals surface area contributed by atoms with Gasteiger partial charge in [-0.05, 0) is 55.2 Å². The maximum Gasteiger partial charge on any atom is 0.322 e. The van der Waals surface area contributed by atoms with Crippen molar-refractivity contribution in [3.63, 3.8) is 0 Å². The number of hydrogen-bond donors (Lipinski definition) is 1. The van der Waals surface area contributed by atoms with Gasteiger partial charge in [-0.15, -0.1) is 0 Å². The number of likely N-dealkylation sites (tertiary alicyclic amines) is 1. The fourth-order valence-corrected chi connectivity index (χ4v) is 5.29. The highest BCUT2D eigenvalue weighted by Crippen LogP contribution is 2.52. The Hall–Kier alpha value is -2.04. The van der Waals surface area contributed by atoms with Crippen molar-refractivity contribution in [1.82, 2.24) is 14.5 Å². The molecule has 2 aromatic rings. The Balaban J connectivity index is 1.55. The van der Waals surface area contributed by atoms with E-state index < -0.39 is 0 Å². The molecule has 2 amide bonds. The predicted molar refractivity (Wildman–Crippen MR) is 101 cm³/mol. The summed E-state index contributed by atoms with van der Waals surface area (Å²) in [6.45, 7) is 9.84. The molecular formula is C20H28N4O. The highest BCUT2D eigenvalue weighted by Gasteiger charge is 2.51. The number of amides is 2. The molecule has 2 atom stereocenters. The summed E-state index contributed by atoms with van der Waals surface area (Å²) in [4.78, 5) is 19.5. The Morgan fingerprint density at radius 3 is 2.80 bits per heavy atom. The second-order valence-electron chi connectivity index (χ2n) is 9.19. The van der Waals surface area contributed by atoms with Crippen LogP contribution in [0.1, 0.15) is 45.9 Å². The van der Waals surface area contributed by atoms with Crippen LogP contribution in [0.25, 0.3) is 11.0 Å². The lowest BCUT2D eigenvalue weighted by Gasteiger charge is -2.39. The van der Waals surface area contributed by atoms with E-state index in [4.69, 9.17) is 0 Å². The Bertz CT molecular complexity index is 853. The van der Waals surface area contributed by atoms with Gasteiger partial charge in [0.15, 0.2) is 0 Å². The number of nitrogens with one attached hydrogen (secondary N) is 1. The molecule has 1 saturated carbocycles. The first-order valence-corrected chi connectivity index (χ1v) is 9.17. The number of benzene rings is 1. The first-order chi connectivity index (χ1) is 11.7. The van der Waals surface area contributed by atoms with Crippen LogP contribution in [0.5, 0.6) is 0 Å². The van der Waals surface area contributed by atoms with Crippen LogP contribution in [0.2, 0.25) is 0 Å². The van der Waals surface area contributed by atoms with Gasteiger partial charge >= 0.3 is 6.03 Å². The van der Waals surface area contributed by atoms with Crippen molar-refractivity contribution in [1.29, 1.82) is 0 Å². The van der Waals surface area contributed by atoms with Gasteiger partial charge in [-0.3, -0.25) is 0 Å². The second-order valence-corrected chi connectivity index (χ2v) is 9.19. The number of imidazole rings is 1. The summed E-state index contributed by atoms with van der Waals surface area (Å²) in [7, 11) is 2.01. The standard InChI is InChI=1S/C20H28N4O/c1-13-21-16-8-14(6-7-17(16)23(13)5)22-18(25)24-12-20(4)10-15(24)9-19(2,3)11-20/h6-8,15H,9-12H2,1-5H3,(H,22,25)/t15-,20-/m1/s1. The molecule has 0 unspecified atom stereocenters. The molecule has 1 aliphatic heterocycles. The van der Waals surface area contributed by atoms with E-state index in [1.807, 2.05) is 32.2 Å². The third-order valence-electron chi connectivity index (χ3n) is 6.03. The minimum atomic E-state index is 0.0263. The predicted octanol–water partition coefficient (Wildman–Crippen LogP) is 4.31. The number of urea groups is 1. The molecule has 0 spiro atoms. The van der Waals surface area contributed by atoms with Gasteiger partial charge in [0.05, 0.1) is 11.0 Å². The molecule has 5 heteroatoms. The number of carbonyl (C=O) groups excluding carboxylic acids is 1. The normalized spacial score (nSPS) is 27.7. The van der Waals surface area contributed by atoms with E-state index in [1.165, 1.54) is 6.42 Å². The van der Waals surface area contributed by atoms with Gasteiger partial charge in [0.25, 0.3) is 0 Å². The quantitative estimate of drug-likeness (QED) is 0.841.